The molecule has 0 fully saturated rings. The van der Waals surface area contributed by atoms with Crippen LogP contribution in [-0.4, -0.2) is 38.9 Å². The zero-order valence-corrected chi connectivity index (χ0v) is 21.2. The number of nitrogens with zero attached hydrogens (tertiary/aromatic N) is 1. The van der Waals surface area contributed by atoms with E-state index in [-0.39, 0.29) is 11.5 Å². The molecule has 0 saturated heterocycles. The highest BCUT2D eigenvalue weighted by atomic mass is 16.5. The second-order valence-electron chi connectivity index (χ2n) is 8.69. The number of nitrogens with one attached hydrogen (secondary N) is 1. The molecule has 1 aliphatic heterocycles. The topological polar surface area (TPSA) is 88.0 Å². The predicted molar refractivity (Wildman–Crippen MR) is 141 cm³/mol. The van der Waals surface area contributed by atoms with E-state index in [0.29, 0.717) is 64.5 Å². The average Bonchev–Trinajstić information content (AvgIpc) is 2.94. The molecule has 1 aliphatic rings. The maximum atomic E-state index is 13.9. The molecule has 5 rings (SSSR count). The van der Waals surface area contributed by atoms with Crippen LogP contribution in [0.5, 0.6) is 23.0 Å². The Kier molecular flexibility index (Phi) is 6.48. The van der Waals surface area contributed by atoms with Crippen LogP contribution in [0.2, 0.25) is 0 Å². The van der Waals surface area contributed by atoms with Crippen molar-refractivity contribution >= 4 is 16.7 Å². The summed E-state index contributed by atoms with van der Waals surface area (Å²) in [5.74, 6) is 1.54. The third-order valence-corrected chi connectivity index (χ3v) is 6.77. The lowest BCUT2D eigenvalue weighted by molar-refractivity contribution is 0.0952. The molecule has 37 heavy (non-hydrogen) atoms. The molecule has 1 N–H and O–H groups in total. The Labute approximate surface area is 214 Å². The second kappa shape index (κ2) is 9.89. The Morgan fingerprint density at radius 1 is 0.892 bits per heavy atom. The summed E-state index contributed by atoms with van der Waals surface area (Å²) in [7, 11) is 6.15. The zero-order chi connectivity index (χ0) is 26.1. The first-order valence-electron chi connectivity index (χ1n) is 11.9. The molecule has 0 bridgehead atoms. The molecule has 4 aromatic rings. The molecule has 8 heteroatoms. The van der Waals surface area contributed by atoms with E-state index >= 15 is 0 Å². The van der Waals surface area contributed by atoms with Crippen LogP contribution < -0.4 is 29.8 Å². The van der Waals surface area contributed by atoms with Crippen LogP contribution >= 0.6 is 0 Å². The van der Waals surface area contributed by atoms with E-state index in [2.05, 4.69) is 5.32 Å². The van der Waals surface area contributed by atoms with E-state index in [4.69, 9.17) is 18.9 Å². The van der Waals surface area contributed by atoms with Crippen molar-refractivity contribution in [2.45, 2.75) is 19.5 Å². The number of benzene rings is 3. The number of methoxy groups -OCH3 is 4. The van der Waals surface area contributed by atoms with Crippen molar-refractivity contribution in [3.8, 4) is 34.3 Å². The van der Waals surface area contributed by atoms with Crippen molar-refractivity contribution in [1.82, 2.24) is 9.88 Å². The van der Waals surface area contributed by atoms with Gasteiger partial charge in [-0.25, -0.2) is 0 Å². The molecule has 0 saturated carbocycles. The predicted octanol–water partition coefficient (Wildman–Crippen LogP) is 4.19. The van der Waals surface area contributed by atoms with Crippen molar-refractivity contribution in [1.29, 1.82) is 0 Å². The van der Waals surface area contributed by atoms with Crippen molar-refractivity contribution in [3.63, 3.8) is 0 Å². The first kappa shape index (κ1) is 24.2. The fourth-order valence-electron chi connectivity index (χ4n) is 5.02. The van der Waals surface area contributed by atoms with Crippen molar-refractivity contribution in [3.05, 3.63) is 81.6 Å². The SMILES string of the molecule is COc1cc2c(cc1OC)-c1c(C(=O)NCc3ccccc3)c3ccc(OC)c(OC)c3c(=O)n1CC2. The lowest BCUT2D eigenvalue weighted by atomic mass is 9.90. The van der Waals surface area contributed by atoms with Gasteiger partial charge in [-0.2, -0.15) is 0 Å². The number of carbonyl (C=O) groups is 1. The van der Waals surface area contributed by atoms with E-state index in [0.717, 1.165) is 16.7 Å². The van der Waals surface area contributed by atoms with Crippen LogP contribution in [0.15, 0.2) is 59.4 Å². The molecule has 0 spiro atoms. The second-order valence-corrected chi connectivity index (χ2v) is 8.69. The summed E-state index contributed by atoms with van der Waals surface area (Å²) in [5, 5.41) is 3.84. The van der Waals surface area contributed by atoms with Crippen molar-refractivity contribution in [2.24, 2.45) is 0 Å². The number of aromatic nitrogens is 1. The zero-order valence-electron chi connectivity index (χ0n) is 21.2. The first-order chi connectivity index (χ1) is 18.0. The lowest BCUT2D eigenvalue weighted by Gasteiger charge is -2.27. The van der Waals surface area contributed by atoms with Gasteiger partial charge in [0.1, 0.15) is 0 Å². The number of hydrogen-bond donors (Lipinski definition) is 1. The highest BCUT2D eigenvalue weighted by Gasteiger charge is 2.30. The standard InChI is InChI=1S/C29H28N2O6/c1-34-21-11-10-19-24(28(32)30-16-17-8-6-5-7-9-17)26-20-15-23(36-3)22(35-2)14-18(20)12-13-31(26)29(33)25(19)27(21)37-4/h5-11,14-15H,12-13,16H2,1-4H3,(H,30,32). The average molecular weight is 501 g/mol. The highest BCUT2D eigenvalue weighted by molar-refractivity contribution is 6.13. The summed E-state index contributed by atoms with van der Waals surface area (Å²) < 4.78 is 23.8. The van der Waals surface area contributed by atoms with Gasteiger partial charge in [-0.3, -0.25) is 9.59 Å². The van der Waals surface area contributed by atoms with Gasteiger partial charge >= 0.3 is 0 Å². The molecule has 0 aliphatic carbocycles. The van der Waals surface area contributed by atoms with Gasteiger partial charge in [-0.05, 0) is 41.8 Å². The van der Waals surface area contributed by atoms with Crippen molar-refractivity contribution < 1.29 is 23.7 Å². The number of rotatable bonds is 7. The maximum Gasteiger partial charge on any atom is 0.262 e. The van der Waals surface area contributed by atoms with E-state index in [1.165, 1.54) is 14.2 Å². The van der Waals surface area contributed by atoms with Crippen LogP contribution in [-0.2, 0) is 19.5 Å². The van der Waals surface area contributed by atoms with E-state index in [9.17, 15) is 9.59 Å². The van der Waals surface area contributed by atoms with Gasteiger partial charge in [0.15, 0.2) is 23.0 Å². The largest absolute Gasteiger partial charge is 0.493 e. The highest BCUT2D eigenvalue weighted by Crippen LogP contribution is 2.43. The van der Waals surface area contributed by atoms with E-state index in [1.54, 1.807) is 30.9 Å². The van der Waals surface area contributed by atoms with Crippen LogP contribution in [0.4, 0.5) is 0 Å². The molecular weight excluding hydrogens is 472 g/mol. The molecule has 8 nitrogen and oxygen atoms in total. The molecule has 190 valence electrons. The number of aryl methyl sites for hydroxylation is 1. The van der Waals surface area contributed by atoms with Gasteiger partial charge in [0, 0.05) is 24.0 Å². The van der Waals surface area contributed by atoms with Gasteiger partial charge in [0.05, 0.1) is 45.1 Å². The summed E-state index contributed by atoms with van der Waals surface area (Å²) in [4.78, 5) is 27.8. The van der Waals surface area contributed by atoms with Crippen molar-refractivity contribution in [2.75, 3.05) is 28.4 Å². The van der Waals surface area contributed by atoms with Crippen LogP contribution in [0.25, 0.3) is 22.0 Å². The molecule has 0 atom stereocenters. The lowest BCUT2D eigenvalue weighted by Crippen LogP contribution is -2.32. The van der Waals surface area contributed by atoms with Gasteiger partial charge < -0.3 is 28.8 Å². The monoisotopic (exact) mass is 500 g/mol. The van der Waals surface area contributed by atoms with Crippen LogP contribution in [0.1, 0.15) is 21.5 Å². The van der Waals surface area contributed by atoms with E-state index < -0.39 is 0 Å². The number of amides is 1. The normalized spacial score (nSPS) is 11.9. The molecule has 1 amide bonds. The summed E-state index contributed by atoms with van der Waals surface area (Å²) in [6.07, 6.45) is 0.589. The Balaban J connectivity index is 1.80. The summed E-state index contributed by atoms with van der Waals surface area (Å²) in [5.41, 5.74) is 3.36. The molecule has 0 radical (unpaired) electrons. The molecule has 1 aromatic heterocycles. The van der Waals surface area contributed by atoms with Gasteiger partial charge in [0.2, 0.25) is 0 Å². The Morgan fingerprint density at radius 3 is 2.27 bits per heavy atom. The Morgan fingerprint density at radius 2 is 1.59 bits per heavy atom. The van der Waals surface area contributed by atoms with Crippen LogP contribution in [0, 0.1) is 0 Å². The number of fused-ring (bicyclic) bond motifs is 4. The third kappa shape index (κ3) is 4.04. The van der Waals surface area contributed by atoms with Crippen LogP contribution in [0.3, 0.4) is 0 Å². The molecule has 2 heterocycles. The summed E-state index contributed by atoms with van der Waals surface area (Å²) >= 11 is 0. The Bertz CT molecular complexity index is 1560. The van der Waals surface area contributed by atoms with Gasteiger partial charge in [0.25, 0.3) is 11.5 Å². The first-order valence-corrected chi connectivity index (χ1v) is 11.9. The number of ether oxygens (including phenoxy) is 4. The minimum absolute atomic E-state index is 0.249. The van der Waals surface area contributed by atoms with E-state index in [1.807, 2.05) is 42.5 Å². The minimum atomic E-state index is -0.299. The summed E-state index contributed by atoms with van der Waals surface area (Å²) in [6.45, 7) is 0.734. The number of hydrogen-bond acceptors (Lipinski definition) is 6. The maximum absolute atomic E-state index is 13.9. The quantitative estimate of drug-likeness (QED) is 0.410. The number of carbonyl (C=O) groups excluding carboxylic acids is 1. The third-order valence-electron chi connectivity index (χ3n) is 6.77. The molecule has 3 aromatic carbocycles. The summed E-state index contributed by atoms with van der Waals surface area (Å²) in [6, 6.07) is 16.9. The molecular formula is C29H28N2O6. The molecule has 0 unspecified atom stereocenters. The fourth-order valence-corrected chi connectivity index (χ4v) is 5.02. The number of pyridine rings is 1. The van der Waals surface area contributed by atoms with Gasteiger partial charge in [-0.15, -0.1) is 0 Å². The van der Waals surface area contributed by atoms with Gasteiger partial charge in [-0.1, -0.05) is 30.3 Å². The fraction of sp³-hybridized carbons (Fsp3) is 0.241. The Hall–Kier alpha value is -4.46. The smallest absolute Gasteiger partial charge is 0.262 e. The minimum Gasteiger partial charge on any atom is -0.493 e.